The van der Waals surface area contributed by atoms with Crippen molar-refractivity contribution >= 4 is 17.7 Å². The molecule has 0 aromatic heterocycles. The highest BCUT2D eigenvalue weighted by Crippen LogP contribution is 2.23. The van der Waals surface area contributed by atoms with Crippen LogP contribution in [0.3, 0.4) is 0 Å². The fourth-order valence-corrected chi connectivity index (χ4v) is 3.36. The number of hydrogen-bond acceptors (Lipinski definition) is 3. The lowest BCUT2D eigenvalue weighted by Gasteiger charge is -2.32. The molecule has 108 valence electrons. The molecule has 0 fully saturated rings. The molecule has 18 heavy (non-hydrogen) atoms. The van der Waals surface area contributed by atoms with Gasteiger partial charge in [-0.25, -0.2) is 0 Å². The normalized spacial score (nSPS) is 16.6. The number of rotatable bonds is 10. The number of thioether (sulfide) groups is 1. The Hall–Kier alpha value is -0.220. The van der Waals surface area contributed by atoms with Crippen molar-refractivity contribution in [2.45, 2.75) is 77.1 Å². The van der Waals surface area contributed by atoms with Crippen LogP contribution in [0.2, 0.25) is 0 Å². The van der Waals surface area contributed by atoms with Gasteiger partial charge in [0.15, 0.2) is 0 Å². The fraction of sp³-hybridized carbons (Fsp3) is 0.929. The van der Waals surface area contributed by atoms with Gasteiger partial charge in [0.25, 0.3) is 0 Å². The van der Waals surface area contributed by atoms with Gasteiger partial charge >= 0.3 is 0 Å². The molecule has 4 heteroatoms. The summed E-state index contributed by atoms with van der Waals surface area (Å²) in [5.74, 6) is 0.920. The first-order valence-electron chi connectivity index (χ1n) is 7.01. The number of unbranched alkanes of at least 4 members (excludes halogenated alkanes) is 2. The van der Waals surface area contributed by atoms with Gasteiger partial charge in [0.05, 0.1) is 5.54 Å². The SMILES string of the molecule is CCCCCSC(C)CC(C)(NC(C)C)C(N)=O. The first kappa shape index (κ1) is 17.8. The number of carbonyl (C=O) groups excluding carboxylic acids is 1. The molecule has 0 aliphatic rings. The van der Waals surface area contributed by atoms with Gasteiger partial charge < -0.3 is 11.1 Å². The molecule has 0 rings (SSSR count). The molecule has 0 aromatic carbocycles. The standard InChI is InChI=1S/C14H30N2OS/c1-6-7-8-9-18-12(4)10-14(5,13(15)17)16-11(2)3/h11-12,16H,6-10H2,1-5H3,(H2,15,17). The number of nitrogens with one attached hydrogen (secondary N) is 1. The van der Waals surface area contributed by atoms with Crippen molar-refractivity contribution in [1.82, 2.24) is 5.32 Å². The second-order valence-electron chi connectivity index (χ2n) is 5.59. The smallest absolute Gasteiger partial charge is 0.237 e. The van der Waals surface area contributed by atoms with Gasteiger partial charge in [0.2, 0.25) is 5.91 Å². The molecule has 0 saturated heterocycles. The zero-order valence-electron chi connectivity index (χ0n) is 12.6. The largest absolute Gasteiger partial charge is 0.368 e. The molecule has 3 nitrogen and oxygen atoms in total. The van der Waals surface area contributed by atoms with E-state index in [4.69, 9.17) is 5.73 Å². The van der Waals surface area contributed by atoms with E-state index in [1.54, 1.807) is 0 Å². The Morgan fingerprint density at radius 3 is 2.39 bits per heavy atom. The topological polar surface area (TPSA) is 55.1 Å². The van der Waals surface area contributed by atoms with E-state index in [2.05, 4.69) is 19.2 Å². The third kappa shape index (κ3) is 7.27. The maximum Gasteiger partial charge on any atom is 0.237 e. The highest BCUT2D eigenvalue weighted by atomic mass is 32.2. The fourth-order valence-electron chi connectivity index (χ4n) is 2.14. The Labute approximate surface area is 117 Å². The first-order chi connectivity index (χ1) is 8.31. The summed E-state index contributed by atoms with van der Waals surface area (Å²) >= 11 is 1.94. The van der Waals surface area contributed by atoms with Crippen LogP contribution < -0.4 is 11.1 Å². The highest BCUT2D eigenvalue weighted by molar-refractivity contribution is 7.99. The molecule has 0 heterocycles. The van der Waals surface area contributed by atoms with E-state index in [9.17, 15) is 4.79 Å². The quantitative estimate of drug-likeness (QED) is 0.602. The van der Waals surface area contributed by atoms with Crippen molar-refractivity contribution in [3.05, 3.63) is 0 Å². The van der Waals surface area contributed by atoms with Crippen molar-refractivity contribution in [1.29, 1.82) is 0 Å². The average Bonchev–Trinajstić information content (AvgIpc) is 2.23. The van der Waals surface area contributed by atoms with Gasteiger partial charge in [-0.1, -0.05) is 26.7 Å². The highest BCUT2D eigenvalue weighted by Gasteiger charge is 2.33. The van der Waals surface area contributed by atoms with E-state index in [-0.39, 0.29) is 11.9 Å². The second-order valence-corrected chi connectivity index (χ2v) is 7.13. The van der Waals surface area contributed by atoms with Crippen LogP contribution in [-0.2, 0) is 4.79 Å². The Balaban J connectivity index is 4.19. The molecule has 2 atom stereocenters. The van der Waals surface area contributed by atoms with Crippen molar-refractivity contribution in [3.8, 4) is 0 Å². The van der Waals surface area contributed by atoms with Crippen molar-refractivity contribution in [2.24, 2.45) is 5.73 Å². The molecule has 0 aliphatic heterocycles. The summed E-state index contributed by atoms with van der Waals surface area (Å²) in [6.07, 6.45) is 4.59. The van der Waals surface area contributed by atoms with Gasteiger partial charge in [-0.3, -0.25) is 4.79 Å². The molecule has 0 radical (unpaired) electrons. The minimum absolute atomic E-state index is 0.253. The summed E-state index contributed by atoms with van der Waals surface area (Å²) < 4.78 is 0. The lowest BCUT2D eigenvalue weighted by Crippen LogP contribution is -2.56. The van der Waals surface area contributed by atoms with Crippen molar-refractivity contribution in [2.75, 3.05) is 5.75 Å². The molecule has 3 N–H and O–H groups in total. The summed E-state index contributed by atoms with van der Waals surface area (Å²) in [5, 5.41) is 3.75. The molecule has 0 spiro atoms. The number of primary amides is 1. The molecule has 2 unspecified atom stereocenters. The number of carbonyl (C=O) groups is 1. The summed E-state index contributed by atoms with van der Waals surface area (Å²) in [7, 11) is 0. The minimum atomic E-state index is -0.592. The van der Waals surface area contributed by atoms with Gasteiger partial charge in [-0.2, -0.15) is 11.8 Å². The zero-order chi connectivity index (χ0) is 14.2. The van der Waals surface area contributed by atoms with E-state index in [0.717, 1.165) is 6.42 Å². The molecule has 0 aromatic rings. The minimum Gasteiger partial charge on any atom is -0.368 e. The van der Waals surface area contributed by atoms with E-state index in [1.807, 2.05) is 32.5 Å². The Morgan fingerprint density at radius 1 is 1.33 bits per heavy atom. The lowest BCUT2D eigenvalue weighted by atomic mass is 9.94. The molecule has 0 aliphatic carbocycles. The first-order valence-corrected chi connectivity index (χ1v) is 8.06. The maximum absolute atomic E-state index is 11.6. The Morgan fingerprint density at radius 2 is 1.94 bits per heavy atom. The van der Waals surface area contributed by atoms with Gasteiger partial charge in [-0.15, -0.1) is 0 Å². The van der Waals surface area contributed by atoms with E-state index in [1.165, 1.54) is 25.0 Å². The van der Waals surface area contributed by atoms with Crippen LogP contribution in [-0.4, -0.2) is 28.5 Å². The molecular weight excluding hydrogens is 244 g/mol. The Kier molecular flexibility index (Phi) is 8.70. The van der Waals surface area contributed by atoms with Gasteiger partial charge in [-0.05, 0) is 39.4 Å². The lowest BCUT2D eigenvalue weighted by molar-refractivity contribution is -0.124. The second kappa shape index (κ2) is 8.81. The van der Waals surface area contributed by atoms with Crippen LogP contribution >= 0.6 is 11.8 Å². The van der Waals surface area contributed by atoms with Crippen LogP contribution in [0.25, 0.3) is 0 Å². The van der Waals surface area contributed by atoms with Crippen molar-refractivity contribution < 1.29 is 4.79 Å². The van der Waals surface area contributed by atoms with Crippen LogP contribution in [0.4, 0.5) is 0 Å². The summed E-state index contributed by atoms with van der Waals surface area (Å²) in [4.78, 5) is 11.6. The number of amides is 1. The summed E-state index contributed by atoms with van der Waals surface area (Å²) in [5.41, 5.74) is 4.94. The average molecular weight is 274 g/mol. The molecular formula is C14H30N2OS. The predicted molar refractivity (Wildman–Crippen MR) is 81.9 cm³/mol. The van der Waals surface area contributed by atoms with Crippen LogP contribution in [0, 0.1) is 0 Å². The molecule has 1 amide bonds. The monoisotopic (exact) mass is 274 g/mol. The van der Waals surface area contributed by atoms with E-state index < -0.39 is 5.54 Å². The predicted octanol–water partition coefficient (Wildman–Crippen LogP) is 2.93. The zero-order valence-corrected chi connectivity index (χ0v) is 13.4. The van der Waals surface area contributed by atoms with Crippen molar-refractivity contribution in [3.63, 3.8) is 0 Å². The maximum atomic E-state index is 11.6. The van der Waals surface area contributed by atoms with Crippen LogP contribution in [0.5, 0.6) is 0 Å². The third-order valence-electron chi connectivity index (χ3n) is 3.00. The summed E-state index contributed by atoms with van der Waals surface area (Å²) in [6.45, 7) is 10.4. The van der Waals surface area contributed by atoms with Crippen LogP contribution in [0.1, 0.15) is 60.3 Å². The van der Waals surface area contributed by atoms with E-state index in [0.29, 0.717) is 5.25 Å². The number of nitrogens with two attached hydrogens (primary N) is 1. The molecule has 0 saturated carbocycles. The van der Waals surface area contributed by atoms with Crippen LogP contribution in [0.15, 0.2) is 0 Å². The summed E-state index contributed by atoms with van der Waals surface area (Å²) in [6, 6.07) is 0.264. The molecule has 0 bridgehead atoms. The van der Waals surface area contributed by atoms with Gasteiger partial charge in [0, 0.05) is 11.3 Å². The third-order valence-corrected chi connectivity index (χ3v) is 4.26. The number of hydrogen-bond donors (Lipinski definition) is 2. The Bertz CT molecular complexity index is 246. The van der Waals surface area contributed by atoms with E-state index >= 15 is 0 Å². The van der Waals surface area contributed by atoms with Gasteiger partial charge in [0.1, 0.15) is 0 Å².